The highest BCUT2D eigenvalue weighted by atomic mass is 19.4. The average molecular weight is 285 g/mol. The molecule has 20 heavy (non-hydrogen) atoms. The highest BCUT2D eigenvalue weighted by Crippen LogP contribution is 2.32. The number of hydrogen-bond donors (Lipinski definition) is 0. The number of benzene rings is 1. The van der Waals surface area contributed by atoms with Gasteiger partial charge in [0, 0.05) is 5.56 Å². The van der Waals surface area contributed by atoms with Gasteiger partial charge in [0.25, 0.3) is 0 Å². The monoisotopic (exact) mass is 285 g/mol. The van der Waals surface area contributed by atoms with Crippen molar-refractivity contribution in [2.24, 2.45) is 0 Å². The minimum Gasteiger partial charge on any atom is -0.462 e. The van der Waals surface area contributed by atoms with Gasteiger partial charge in [-0.15, -0.1) is 0 Å². The van der Waals surface area contributed by atoms with Crippen LogP contribution in [0, 0.1) is 0 Å². The van der Waals surface area contributed by atoms with Crippen molar-refractivity contribution in [1.29, 1.82) is 0 Å². The molecule has 0 aliphatic heterocycles. The van der Waals surface area contributed by atoms with Crippen LogP contribution in [0.5, 0.6) is 0 Å². The summed E-state index contributed by atoms with van der Waals surface area (Å²) in [6.07, 6.45) is -3.42. The minimum atomic E-state index is -4.47. The molecule has 0 saturated carbocycles. The van der Waals surface area contributed by atoms with E-state index in [1.54, 1.807) is 6.92 Å². The zero-order chi connectivity index (χ0) is 14.8. The fourth-order valence-electron chi connectivity index (χ4n) is 1.64. The van der Waals surface area contributed by atoms with Crippen molar-refractivity contribution in [3.05, 3.63) is 41.7 Å². The third kappa shape index (κ3) is 2.81. The summed E-state index contributed by atoms with van der Waals surface area (Å²) < 4.78 is 47.4. The second kappa shape index (κ2) is 5.36. The van der Waals surface area contributed by atoms with Gasteiger partial charge in [-0.2, -0.15) is 13.2 Å². The number of ether oxygens (including phenoxy) is 1. The Morgan fingerprint density at radius 3 is 2.80 bits per heavy atom. The molecule has 0 fully saturated rings. The number of hydrogen-bond acceptors (Lipinski definition) is 4. The van der Waals surface area contributed by atoms with Gasteiger partial charge in [0.05, 0.1) is 12.2 Å². The summed E-state index contributed by atoms with van der Waals surface area (Å²) in [6.45, 7) is 1.77. The van der Waals surface area contributed by atoms with Gasteiger partial charge in [-0.25, -0.2) is 4.79 Å². The predicted molar refractivity (Wildman–Crippen MR) is 62.9 cm³/mol. The molecule has 4 nitrogen and oxygen atoms in total. The number of esters is 1. The van der Waals surface area contributed by atoms with Crippen LogP contribution >= 0.6 is 0 Å². The molecule has 7 heteroatoms. The quantitative estimate of drug-likeness (QED) is 0.809. The summed E-state index contributed by atoms with van der Waals surface area (Å²) in [4.78, 5) is 11.6. The molecule has 0 spiro atoms. The maximum atomic E-state index is 12.7. The van der Waals surface area contributed by atoms with E-state index in [-0.39, 0.29) is 23.4 Å². The van der Waals surface area contributed by atoms with Crippen LogP contribution in [0.15, 0.2) is 35.1 Å². The fourth-order valence-corrected chi connectivity index (χ4v) is 1.64. The number of nitrogens with zero attached hydrogens (tertiary/aromatic N) is 1. The Hall–Kier alpha value is -2.31. The number of carbonyl (C=O) groups excluding carboxylic acids is 1. The summed E-state index contributed by atoms with van der Waals surface area (Å²) in [5.41, 5.74) is -0.676. The molecule has 0 aliphatic carbocycles. The molecule has 106 valence electrons. The number of alkyl halides is 3. The van der Waals surface area contributed by atoms with Gasteiger partial charge in [-0.3, -0.25) is 0 Å². The van der Waals surface area contributed by atoms with Crippen LogP contribution in [0.1, 0.15) is 22.8 Å². The van der Waals surface area contributed by atoms with E-state index < -0.39 is 17.7 Å². The molecule has 0 N–H and O–H groups in total. The largest absolute Gasteiger partial charge is 0.462 e. The number of rotatable bonds is 3. The van der Waals surface area contributed by atoms with Gasteiger partial charge in [0.15, 0.2) is 0 Å². The molecule has 0 atom stereocenters. The lowest BCUT2D eigenvalue weighted by atomic mass is 10.1. The predicted octanol–water partition coefficient (Wildman–Crippen LogP) is 3.54. The van der Waals surface area contributed by atoms with Crippen LogP contribution in [0.3, 0.4) is 0 Å². The van der Waals surface area contributed by atoms with Crippen molar-refractivity contribution in [3.63, 3.8) is 0 Å². The molecule has 2 rings (SSSR count). The molecule has 0 amide bonds. The second-order valence-electron chi connectivity index (χ2n) is 3.88. The average Bonchev–Trinajstić information content (AvgIpc) is 2.87. The molecule has 2 aromatic rings. The molecule has 0 bridgehead atoms. The van der Waals surface area contributed by atoms with E-state index in [9.17, 15) is 18.0 Å². The Morgan fingerprint density at radius 1 is 1.40 bits per heavy atom. The standard InChI is InChI=1S/C13H10F3NO3/c1-2-19-12(18)10-7-20-17-11(10)8-4-3-5-9(6-8)13(14,15)16/h3-7H,2H2,1H3. The first-order valence-corrected chi connectivity index (χ1v) is 5.72. The molecule has 1 heterocycles. The third-order valence-corrected chi connectivity index (χ3v) is 2.53. The molecular formula is C13H10F3NO3. The Labute approximate surface area is 112 Å². The molecule has 0 aliphatic rings. The summed E-state index contributed by atoms with van der Waals surface area (Å²) in [7, 11) is 0. The van der Waals surface area contributed by atoms with Crippen LogP contribution in [-0.4, -0.2) is 17.7 Å². The van der Waals surface area contributed by atoms with Crippen LogP contribution in [0.2, 0.25) is 0 Å². The summed E-state index contributed by atoms with van der Waals surface area (Å²) in [5.74, 6) is -0.693. The first-order chi connectivity index (χ1) is 9.43. The zero-order valence-corrected chi connectivity index (χ0v) is 10.4. The van der Waals surface area contributed by atoms with E-state index in [0.717, 1.165) is 18.4 Å². The summed E-state index contributed by atoms with van der Waals surface area (Å²) in [5, 5.41) is 3.57. The van der Waals surface area contributed by atoms with Crippen LogP contribution in [0.4, 0.5) is 13.2 Å². The van der Waals surface area contributed by atoms with E-state index in [2.05, 4.69) is 9.68 Å². The molecule has 0 unspecified atom stereocenters. The lowest BCUT2D eigenvalue weighted by Crippen LogP contribution is -2.06. The number of halogens is 3. The Bertz CT molecular complexity index is 619. The Morgan fingerprint density at radius 2 is 2.15 bits per heavy atom. The van der Waals surface area contributed by atoms with E-state index in [1.807, 2.05) is 0 Å². The molecule has 0 saturated heterocycles. The summed E-state index contributed by atoms with van der Waals surface area (Å²) in [6, 6.07) is 4.49. The number of carbonyl (C=O) groups is 1. The highest BCUT2D eigenvalue weighted by Gasteiger charge is 2.31. The smallest absolute Gasteiger partial charge is 0.416 e. The summed E-state index contributed by atoms with van der Waals surface area (Å²) >= 11 is 0. The number of aromatic nitrogens is 1. The van der Waals surface area contributed by atoms with Crippen LogP contribution in [0.25, 0.3) is 11.3 Å². The minimum absolute atomic E-state index is 0.00817. The van der Waals surface area contributed by atoms with E-state index >= 15 is 0 Å². The molecular weight excluding hydrogens is 275 g/mol. The topological polar surface area (TPSA) is 52.3 Å². The van der Waals surface area contributed by atoms with Crippen LogP contribution in [-0.2, 0) is 10.9 Å². The van der Waals surface area contributed by atoms with E-state index in [4.69, 9.17) is 4.74 Å². The van der Waals surface area contributed by atoms with Crippen molar-refractivity contribution in [2.45, 2.75) is 13.1 Å². The third-order valence-electron chi connectivity index (χ3n) is 2.53. The first-order valence-electron chi connectivity index (χ1n) is 5.72. The molecule has 0 radical (unpaired) electrons. The van der Waals surface area contributed by atoms with Crippen molar-refractivity contribution in [2.75, 3.05) is 6.61 Å². The lowest BCUT2D eigenvalue weighted by Gasteiger charge is -2.08. The molecule has 1 aromatic heterocycles. The van der Waals surface area contributed by atoms with Gasteiger partial charge < -0.3 is 9.26 Å². The van der Waals surface area contributed by atoms with Crippen molar-refractivity contribution in [3.8, 4) is 11.3 Å². The van der Waals surface area contributed by atoms with Gasteiger partial charge >= 0.3 is 12.1 Å². The van der Waals surface area contributed by atoms with Crippen molar-refractivity contribution in [1.82, 2.24) is 5.16 Å². The SMILES string of the molecule is CCOC(=O)c1conc1-c1cccc(C(F)(F)F)c1. The van der Waals surface area contributed by atoms with E-state index in [0.29, 0.717) is 0 Å². The lowest BCUT2D eigenvalue weighted by molar-refractivity contribution is -0.137. The van der Waals surface area contributed by atoms with Crippen molar-refractivity contribution < 1.29 is 27.2 Å². The maximum absolute atomic E-state index is 12.7. The maximum Gasteiger partial charge on any atom is 0.416 e. The Kier molecular flexibility index (Phi) is 3.78. The normalized spacial score (nSPS) is 11.4. The fraction of sp³-hybridized carbons (Fsp3) is 0.231. The van der Waals surface area contributed by atoms with Crippen LogP contribution < -0.4 is 0 Å². The van der Waals surface area contributed by atoms with Gasteiger partial charge in [0.2, 0.25) is 0 Å². The Balaban J connectivity index is 2.43. The van der Waals surface area contributed by atoms with E-state index in [1.165, 1.54) is 12.1 Å². The van der Waals surface area contributed by atoms with Crippen molar-refractivity contribution >= 4 is 5.97 Å². The first kappa shape index (κ1) is 14.1. The zero-order valence-electron chi connectivity index (χ0n) is 10.4. The second-order valence-corrected chi connectivity index (χ2v) is 3.88. The molecule has 1 aromatic carbocycles. The van der Waals surface area contributed by atoms with Gasteiger partial charge in [0.1, 0.15) is 17.5 Å². The van der Waals surface area contributed by atoms with Gasteiger partial charge in [-0.1, -0.05) is 17.3 Å². The highest BCUT2D eigenvalue weighted by molar-refractivity contribution is 5.95. The van der Waals surface area contributed by atoms with Gasteiger partial charge in [-0.05, 0) is 19.1 Å².